The molecule has 2 N–H and O–H groups in total. The van der Waals surface area contributed by atoms with Gasteiger partial charge in [0, 0.05) is 0 Å². The number of nitrogens with zero attached hydrogens (tertiary/aromatic N) is 1. The van der Waals surface area contributed by atoms with Crippen LogP contribution in [0.3, 0.4) is 0 Å². The molecule has 0 fully saturated rings. The summed E-state index contributed by atoms with van der Waals surface area (Å²) >= 11 is 1.61. The van der Waals surface area contributed by atoms with Crippen LogP contribution in [0, 0.1) is 0 Å². The van der Waals surface area contributed by atoms with E-state index in [1.165, 1.54) is 0 Å². The maximum Gasteiger partial charge on any atom is 0.172 e. The fourth-order valence-electron chi connectivity index (χ4n) is 0.382. The van der Waals surface area contributed by atoms with Crippen molar-refractivity contribution in [1.82, 2.24) is 10.9 Å². The van der Waals surface area contributed by atoms with Gasteiger partial charge in [-0.1, -0.05) is 11.8 Å². The molecule has 0 radical (unpaired) electrons. The van der Waals surface area contributed by atoms with Gasteiger partial charge in [0.15, 0.2) is 5.17 Å². The maximum atomic E-state index is 4.01. The van der Waals surface area contributed by atoms with Gasteiger partial charge in [-0.2, -0.15) is 0 Å². The molecule has 1 aliphatic heterocycles. The molecule has 1 rings (SSSR count). The molecule has 0 unspecified atom stereocenters. The number of hydrogen-bond acceptors (Lipinski definition) is 4. The van der Waals surface area contributed by atoms with Crippen LogP contribution in [0.15, 0.2) is 4.99 Å². The van der Waals surface area contributed by atoms with Crippen molar-refractivity contribution in [3.05, 3.63) is 0 Å². The highest BCUT2D eigenvalue weighted by molar-refractivity contribution is 8.13. The van der Waals surface area contributed by atoms with Gasteiger partial charge in [0.25, 0.3) is 0 Å². The Kier molecular flexibility index (Phi) is 1.54. The van der Waals surface area contributed by atoms with Gasteiger partial charge in [-0.25, -0.2) is 10.4 Å². The summed E-state index contributed by atoms with van der Waals surface area (Å²) in [7, 11) is 0. The molecular formula is C3H7N3S. The first kappa shape index (κ1) is 4.93. The predicted octanol–water partition coefficient (Wildman–Crippen LogP) is -0.229. The van der Waals surface area contributed by atoms with Gasteiger partial charge in [-0.15, -0.1) is 0 Å². The number of aliphatic imine (C=N–C) groups is 1. The van der Waals surface area contributed by atoms with Crippen LogP contribution in [0.25, 0.3) is 0 Å². The summed E-state index contributed by atoms with van der Waals surface area (Å²) in [6, 6.07) is 0. The van der Waals surface area contributed by atoms with E-state index in [-0.39, 0.29) is 0 Å². The Labute approximate surface area is 46.6 Å². The number of rotatable bonds is 0. The average molecular weight is 117 g/mol. The summed E-state index contributed by atoms with van der Waals surface area (Å²) in [5.41, 5.74) is 5.72. The lowest BCUT2D eigenvalue weighted by atomic mass is 11.2. The van der Waals surface area contributed by atoms with Gasteiger partial charge in [0.1, 0.15) is 6.67 Å². The lowest BCUT2D eigenvalue weighted by Crippen LogP contribution is -2.27. The summed E-state index contributed by atoms with van der Waals surface area (Å²) in [5, 5.41) is 0.972. The van der Waals surface area contributed by atoms with Crippen LogP contribution in [0.1, 0.15) is 0 Å². The van der Waals surface area contributed by atoms with Crippen LogP contribution < -0.4 is 10.9 Å². The lowest BCUT2D eigenvalue weighted by Gasteiger charge is -1.91. The standard InChI is InChI=1S/C3H7N3S/c1-7-3-4-2-5-6-3/h5H,2H2,1H3,(H,4,6). The number of hydrogen-bond donors (Lipinski definition) is 2. The molecule has 40 valence electrons. The van der Waals surface area contributed by atoms with E-state index in [1.807, 2.05) is 6.26 Å². The van der Waals surface area contributed by atoms with Crippen molar-refractivity contribution >= 4 is 16.9 Å². The largest absolute Gasteiger partial charge is 0.299 e. The van der Waals surface area contributed by atoms with E-state index >= 15 is 0 Å². The molecule has 0 bridgehead atoms. The smallest absolute Gasteiger partial charge is 0.172 e. The van der Waals surface area contributed by atoms with E-state index in [9.17, 15) is 0 Å². The average Bonchev–Trinajstić information content (AvgIpc) is 2.14. The highest BCUT2D eigenvalue weighted by Gasteiger charge is 1.98. The Bertz CT molecular complexity index is 90.2. The van der Waals surface area contributed by atoms with Gasteiger partial charge in [-0.05, 0) is 6.26 Å². The number of thioether (sulfide) groups is 1. The Morgan fingerprint density at radius 3 is 3.00 bits per heavy atom. The minimum Gasteiger partial charge on any atom is -0.299 e. The molecule has 4 heteroatoms. The summed E-state index contributed by atoms with van der Waals surface area (Å²) in [6.07, 6.45) is 1.98. The predicted molar refractivity (Wildman–Crippen MR) is 32.1 cm³/mol. The zero-order chi connectivity index (χ0) is 5.11. The molecule has 0 atom stereocenters. The van der Waals surface area contributed by atoms with Crippen molar-refractivity contribution in [2.75, 3.05) is 12.9 Å². The molecule has 0 aliphatic carbocycles. The van der Waals surface area contributed by atoms with Gasteiger partial charge in [0.05, 0.1) is 0 Å². The summed E-state index contributed by atoms with van der Waals surface area (Å²) in [4.78, 5) is 4.01. The highest BCUT2D eigenvalue weighted by atomic mass is 32.2. The van der Waals surface area contributed by atoms with Crippen molar-refractivity contribution in [3.8, 4) is 0 Å². The number of nitrogens with one attached hydrogen (secondary N) is 2. The van der Waals surface area contributed by atoms with Gasteiger partial charge < -0.3 is 0 Å². The number of hydrazine groups is 1. The van der Waals surface area contributed by atoms with Crippen LogP contribution in [-0.4, -0.2) is 18.1 Å². The topological polar surface area (TPSA) is 36.4 Å². The minimum atomic E-state index is 0.705. The molecule has 0 spiro atoms. The van der Waals surface area contributed by atoms with Gasteiger partial charge >= 0.3 is 0 Å². The normalized spacial score (nSPS) is 18.7. The van der Waals surface area contributed by atoms with Gasteiger partial charge in [-0.3, -0.25) is 5.43 Å². The van der Waals surface area contributed by atoms with E-state index in [0.717, 1.165) is 5.17 Å². The zero-order valence-electron chi connectivity index (χ0n) is 4.06. The molecule has 3 nitrogen and oxygen atoms in total. The Morgan fingerprint density at radius 2 is 2.71 bits per heavy atom. The maximum absolute atomic E-state index is 4.01. The molecule has 7 heavy (non-hydrogen) atoms. The van der Waals surface area contributed by atoms with Crippen LogP contribution in [-0.2, 0) is 0 Å². The van der Waals surface area contributed by atoms with E-state index in [4.69, 9.17) is 0 Å². The lowest BCUT2D eigenvalue weighted by molar-refractivity contribution is 0.730. The summed E-state index contributed by atoms with van der Waals surface area (Å²) < 4.78 is 0. The SMILES string of the molecule is CSC1=NCNN1. The molecule has 0 aromatic heterocycles. The Balaban J connectivity index is 2.36. The highest BCUT2D eigenvalue weighted by Crippen LogP contribution is 1.94. The molecule has 1 heterocycles. The van der Waals surface area contributed by atoms with Crippen LogP contribution in [0.4, 0.5) is 0 Å². The number of amidine groups is 1. The third-order valence-corrected chi connectivity index (χ3v) is 1.31. The van der Waals surface area contributed by atoms with E-state index in [2.05, 4.69) is 15.8 Å². The van der Waals surface area contributed by atoms with Crippen LogP contribution >= 0.6 is 11.8 Å². The summed E-state index contributed by atoms with van der Waals surface area (Å²) in [5.74, 6) is 0. The first-order valence-corrected chi connectivity index (χ1v) is 3.23. The van der Waals surface area contributed by atoms with Crippen LogP contribution in [0.2, 0.25) is 0 Å². The van der Waals surface area contributed by atoms with Crippen molar-refractivity contribution in [2.45, 2.75) is 0 Å². The molecule has 0 amide bonds. The van der Waals surface area contributed by atoms with Crippen molar-refractivity contribution in [1.29, 1.82) is 0 Å². The third-order valence-electron chi connectivity index (χ3n) is 0.690. The van der Waals surface area contributed by atoms with Crippen molar-refractivity contribution in [2.24, 2.45) is 4.99 Å². The second-order valence-electron chi connectivity index (χ2n) is 1.13. The van der Waals surface area contributed by atoms with Crippen molar-refractivity contribution in [3.63, 3.8) is 0 Å². The fraction of sp³-hybridized carbons (Fsp3) is 0.667. The van der Waals surface area contributed by atoms with E-state index in [1.54, 1.807) is 11.8 Å². The van der Waals surface area contributed by atoms with E-state index in [0.29, 0.717) is 6.67 Å². The molecule has 0 aromatic carbocycles. The molecule has 0 saturated heterocycles. The van der Waals surface area contributed by atoms with Gasteiger partial charge in [0.2, 0.25) is 0 Å². The molecule has 0 saturated carbocycles. The fourth-order valence-corrected chi connectivity index (χ4v) is 0.749. The second kappa shape index (κ2) is 2.18. The Morgan fingerprint density at radius 1 is 1.86 bits per heavy atom. The monoisotopic (exact) mass is 117 g/mol. The summed E-state index contributed by atoms with van der Waals surface area (Å²) in [6.45, 7) is 0.705. The Hall–Kier alpha value is -0.220. The minimum absolute atomic E-state index is 0.705. The second-order valence-corrected chi connectivity index (χ2v) is 1.92. The van der Waals surface area contributed by atoms with Crippen molar-refractivity contribution < 1.29 is 0 Å². The first-order valence-electron chi connectivity index (χ1n) is 2.01. The third kappa shape index (κ3) is 1.07. The molecule has 1 aliphatic rings. The molecular weight excluding hydrogens is 110 g/mol. The zero-order valence-corrected chi connectivity index (χ0v) is 4.88. The van der Waals surface area contributed by atoms with Crippen LogP contribution in [0.5, 0.6) is 0 Å². The first-order chi connectivity index (χ1) is 3.43. The molecule has 0 aromatic rings. The quantitative estimate of drug-likeness (QED) is 0.460. The van der Waals surface area contributed by atoms with E-state index < -0.39 is 0 Å².